The quantitative estimate of drug-likeness (QED) is 0.720. The predicted octanol–water partition coefficient (Wildman–Crippen LogP) is 1.31. The molecule has 2 unspecified atom stereocenters. The van der Waals surface area contributed by atoms with Crippen molar-refractivity contribution >= 4 is 5.97 Å². The van der Waals surface area contributed by atoms with E-state index in [2.05, 4.69) is 17.1 Å². The van der Waals surface area contributed by atoms with Crippen LogP contribution in [0.15, 0.2) is 0 Å². The molecule has 1 aliphatic rings. The number of likely N-dealkylation sites (tertiary alicyclic amines) is 1. The normalized spacial score (nSPS) is 24.2. The summed E-state index contributed by atoms with van der Waals surface area (Å²) in [6.07, 6.45) is 4.45. The molecule has 0 aromatic heterocycles. The SMILES string of the molecule is CCCN1CCCCC1C(NCC)C(=O)O. The minimum Gasteiger partial charge on any atom is -0.480 e. The van der Waals surface area contributed by atoms with Crippen molar-refractivity contribution < 1.29 is 9.90 Å². The smallest absolute Gasteiger partial charge is 0.322 e. The first-order valence-electron chi connectivity index (χ1n) is 6.41. The topological polar surface area (TPSA) is 52.6 Å². The molecule has 4 nitrogen and oxygen atoms in total. The highest BCUT2D eigenvalue weighted by Crippen LogP contribution is 2.20. The third-order valence-electron chi connectivity index (χ3n) is 3.25. The Morgan fingerprint density at radius 1 is 1.50 bits per heavy atom. The Morgan fingerprint density at radius 2 is 2.25 bits per heavy atom. The number of rotatable bonds is 6. The third kappa shape index (κ3) is 3.46. The van der Waals surface area contributed by atoms with Gasteiger partial charge in [-0.15, -0.1) is 0 Å². The van der Waals surface area contributed by atoms with Crippen molar-refractivity contribution in [1.29, 1.82) is 0 Å². The Hall–Kier alpha value is -0.610. The third-order valence-corrected chi connectivity index (χ3v) is 3.25. The highest BCUT2D eigenvalue weighted by molar-refractivity contribution is 5.74. The van der Waals surface area contributed by atoms with E-state index in [1.807, 2.05) is 6.92 Å². The molecule has 0 bridgehead atoms. The van der Waals surface area contributed by atoms with E-state index in [-0.39, 0.29) is 6.04 Å². The van der Waals surface area contributed by atoms with Crippen molar-refractivity contribution in [2.75, 3.05) is 19.6 Å². The van der Waals surface area contributed by atoms with Crippen LogP contribution >= 0.6 is 0 Å². The van der Waals surface area contributed by atoms with E-state index in [0.29, 0.717) is 6.54 Å². The van der Waals surface area contributed by atoms with Crippen molar-refractivity contribution in [3.8, 4) is 0 Å². The van der Waals surface area contributed by atoms with Crippen molar-refractivity contribution in [2.45, 2.75) is 51.6 Å². The molecule has 4 heteroatoms. The summed E-state index contributed by atoms with van der Waals surface area (Å²) in [6, 6.07) is -0.233. The van der Waals surface area contributed by atoms with Crippen LogP contribution in [0.25, 0.3) is 0 Å². The number of likely N-dealkylation sites (N-methyl/N-ethyl adjacent to an activating group) is 1. The molecule has 0 amide bonds. The molecule has 0 aromatic rings. The van der Waals surface area contributed by atoms with E-state index in [0.717, 1.165) is 32.4 Å². The van der Waals surface area contributed by atoms with Crippen LogP contribution in [0, 0.1) is 0 Å². The van der Waals surface area contributed by atoms with Crippen LogP contribution < -0.4 is 5.32 Å². The molecule has 1 saturated heterocycles. The summed E-state index contributed by atoms with van der Waals surface area (Å²) in [5.74, 6) is -0.713. The Bertz CT molecular complexity index is 219. The van der Waals surface area contributed by atoms with Gasteiger partial charge in [0.05, 0.1) is 0 Å². The Morgan fingerprint density at radius 3 is 2.81 bits per heavy atom. The van der Waals surface area contributed by atoms with E-state index in [1.54, 1.807) is 0 Å². The van der Waals surface area contributed by atoms with Crippen LogP contribution in [0.4, 0.5) is 0 Å². The molecule has 0 aromatic carbocycles. The molecule has 1 heterocycles. The number of carboxylic acid groups (broad SMARTS) is 1. The minimum atomic E-state index is -0.713. The largest absolute Gasteiger partial charge is 0.480 e. The lowest BCUT2D eigenvalue weighted by atomic mass is 9.95. The molecule has 2 atom stereocenters. The fraction of sp³-hybridized carbons (Fsp3) is 0.917. The van der Waals surface area contributed by atoms with Gasteiger partial charge in [-0.1, -0.05) is 20.3 Å². The van der Waals surface area contributed by atoms with Gasteiger partial charge in [0.25, 0.3) is 0 Å². The molecule has 0 radical (unpaired) electrons. The average molecular weight is 228 g/mol. The van der Waals surface area contributed by atoms with Crippen LogP contribution in [0.3, 0.4) is 0 Å². The summed E-state index contributed by atoms with van der Waals surface area (Å²) in [5, 5.41) is 12.4. The molecule has 0 saturated carbocycles. The van der Waals surface area contributed by atoms with Crippen molar-refractivity contribution in [2.24, 2.45) is 0 Å². The predicted molar refractivity (Wildman–Crippen MR) is 64.6 cm³/mol. The summed E-state index contributed by atoms with van der Waals surface area (Å²) >= 11 is 0. The monoisotopic (exact) mass is 228 g/mol. The second-order valence-corrected chi connectivity index (χ2v) is 4.47. The lowest BCUT2D eigenvalue weighted by molar-refractivity contribution is -0.141. The van der Waals surface area contributed by atoms with Crippen molar-refractivity contribution in [3.05, 3.63) is 0 Å². The second-order valence-electron chi connectivity index (χ2n) is 4.47. The van der Waals surface area contributed by atoms with Crippen molar-refractivity contribution in [3.63, 3.8) is 0 Å². The first-order valence-corrected chi connectivity index (χ1v) is 6.41. The van der Waals surface area contributed by atoms with Crippen LogP contribution in [-0.2, 0) is 4.79 Å². The summed E-state index contributed by atoms with van der Waals surface area (Å²) in [7, 11) is 0. The summed E-state index contributed by atoms with van der Waals surface area (Å²) in [6.45, 7) is 6.89. The van der Waals surface area contributed by atoms with Gasteiger partial charge in [-0.2, -0.15) is 0 Å². The number of hydrogen-bond acceptors (Lipinski definition) is 3. The number of aliphatic carboxylic acids is 1. The van der Waals surface area contributed by atoms with Crippen LogP contribution in [0.1, 0.15) is 39.5 Å². The maximum atomic E-state index is 11.2. The number of hydrogen-bond donors (Lipinski definition) is 2. The van der Waals surface area contributed by atoms with Gasteiger partial charge in [-0.3, -0.25) is 9.69 Å². The zero-order chi connectivity index (χ0) is 12.0. The number of nitrogens with zero attached hydrogens (tertiary/aromatic N) is 1. The molecular weight excluding hydrogens is 204 g/mol. The van der Waals surface area contributed by atoms with E-state index >= 15 is 0 Å². The summed E-state index contributed by atoms with van der Waals surface area (Å²) in [4.78, 5) is 13.6. The standard InChI is InChI=1S/C12H24N2O2/c1-3-8-14-9-6-5-7-10(14)11(12(15)16)13-4-2/h10-11,13H,3-9H2,1-2H3,(H,15,16). The maximum Gasteiger partial charge on any atom is 0.322 e. The van der Waals surface area contributed by atoms with Gasteiger partial charge in [0.1, 0.15) is 6.04 Å². The summed E-state index contributed by atoms with van der Waals surface area (Å²) in [5.41, 5.74) is 0. The maximum absolute atomic E-state index is 11.2. The molecule has 94 valence electrons. The zero-order valence-corrected chi connectivity index (χ0v) is 10.4. The fourth-order valence-electron chi connectivity index (χ4n) is 2.57. The van der Waals surface area contributed by atoms with E-state index in [4.69, 9.17) is 0 Å². The average Bonchev–Trinajstić information content (AvgIpc) is 2.27. The second kappa shape index (κ2) is 6.86. The number of carboxylic acids is 1. The Balaban J connectivity index is 2.66. The van der Waals surface area contributed by atoms with E-state index in [9.17, 15) is 9.90 Å². The Kier molecular flexibility index (Phi) is 5.77. The molecule has 0 spiro atoms. The van der Waals surface area contributed by atoms with Crippen LogP contribution in [-0.4, -0.2) is 47.7 Å². The molecule has 16 heavy (non-hydrogen) atoms. The molecule has 2 N–H and O–H groups in total. The van der Waals surface area contributed by atoms with Crippen LogP contribution in [0.5, 0.6) is 0 Å². The van der Waals surface area contributed by atoms with Gasteiger partial charge in [-0.25, -0.2) is 0 Å². The van der Waals surface area contributed by atoms with Gasteiger partial charge in [-0.05, 0) is 38.9 Å². The Labute approximate surface area is 98.0 Å². The van der Waals surface area contributed by atoms with Gasteiger partial charge in [0.2, 0.25) is 0 Å². The van der Waals surface area contributed by atoms with Gasteiger partial charge < -0.3 is 10.4 Å². The van der Waals surface area contributed by atoms with Crippen LogP contribution in [0.2, 0.25) is 0 Å². The number of piperidine rings is 1. The zero-order valence-electron chi connectivity index (χ0n) is 10.4. The highest BCUT2D eigenvalue weighted by atomic mass is 16.4. The lowest BCUT2D eigenvalue weighted by Gasteiger charge is -2.39. The molecule has 1 aliphatic heterocycles. The molecule has 1 fully saturated rings. The van der Waals surface area contributed by atoms with E-state index in [1.165, 1.54) is 6.42 Å². The first-order chi connectivity index (χ1) is 7.70. The first kappa shape index (κ1) is 13.5. The van der Waals surface area contributed by atoms with E-state index < -0.39 is 12.0 Å². The summed E-state index contributed by atoms with van der Waals surface area (Å²) < 4.78 is 0. The fourth-order valence-corrected chi connectivity index (χ4v) is 2.57. The van der Waals surface area contributed by atoms with Crippen molar-refractivity contribution in [1.82, 2.24) is 10.2 Å². The molecule has 0 aliphatic carbocycles. The highest BCUT2D eigenvalue weighted by Gasteiger charge is 2.33. The number of carbonyl (C=O) groups is 1. The minimum absolute atomic E-state index is 0.172. The molecule has 1 rings (SSSR count). The van der Waals surface area contributed by atoms with Gasteiger partial charge in [0.15, 0.2) is 0 Å². The lowest BCUT2D eigenvalue weighted by Crippen LogP contribution is -2.55. The van der Waals surface area contributed by atoms with Gasteiger partial charge in [0, 0.05) is 6.04 Å². The van der Waals surface area contributed by atoms with Gasteiger partial charge >= 0.3 is 5.97 Å². The number of nitrogens with one attached hydrogen (secondary N) is 1. The molecular formula is C12H24N2O2.